The zero-order valence-corrected chi connectivity index (χ0v) is 15.7. The normalized spacial score (nSPS) is 17.8. The Morgan fingerprint density at radius 3 is 2.80 bits per heavy atom. The summed E-state index contributed by atoms with van der Waals surface area (Å²) >= 11 is 5.48. The fourth-order valence-corrected chi connectivity index (χ4v) is 3.19. The van der Waals surface area contributed by atoms with E-state index >= 15 is 0 Å². The Kier molecular flexibility index (Phi) is 4.81. The maximum Gasteiger partial charge on any atom is 0.172 e. The van der Waals surface area contributed by atoms with Crippen molar-refractivity contribution in [2.45, 2.75) is 38.8 Å². The van der Waals surface area contributed by atoms with Crippen LogP contribution in [-0.2, 0) is 0 Å². The molecule has 0 unspecified atom stereocenters. The van der Waals surface area contributed by atoms with Crippen molar-refractivity contribution >= 4 is 23.1 Å². The third-order valence-electron chi connectivity index (χ3n) is 4.13. The molecule has 5 nitrogen and oxygen atoms in total. The smallest absolute Gasteiger partial charge is 0.172 e. The number of hydrogen-bond acceptors (Lipinski definition) is 4. The average Bonchev–Trinajstić information content (AvgIpc) is 2.55. The number of thiocarbonyl (C=S) groups is 1. The van der Waals surface area contributed by atoms with Crippen molar-refractivity contribution in [2.75, 3.05) is 12.4 Å². The lowest BCUT2D eigenvalue weighted by Crippen LogP contribution is -2.42. The number of aryl methyl sites for hydroxylation is 1. The van der Waals surface area contributed by atoms with Gasteiger partial charge in [-0.1, -0.05) is 6.07 Å². The van der Waals surface area contributed by atoms with Gasteiger partial charge >= 0.3 is 0 Å². The molecule has 0 saturated heterocycles. The van der Waals surface area contributed by atoms with Crippen LogP contribution in [-0.4, -0.2) is 22.8 Å². The minimum Gasteiger partial charge on any atom is -0.497 e. The van der Waals surface area contributed by atoms with Crippen LogP contribution in [0.2, 0.25) is 0 Å². The molecule has 6 heteroatoms. The van der Waals surface area contributed by atoms with E-state index in [0.29, 0.717) is 5.11 Å². The van der Waals surface area contributed by atoms with Gasteiger partial charge in [0, 0.05) is 18.2 Å². The van der Waals surface area contributed by atoms with Gasteiger partial charge in [0.1, 0.15) is 22.9 Å². The molecular weight excluding hydrogens is 334 g/mol. The number of methoxy groups -OCH3 is 1. The first-order valence-corrected chi connectivity index (χ1v) is 8.64. The summed E-state index contributed by atoms with van der Waals surface area (Å²) < 4.78 is 11.4. The highest BCUT2D eigenvalue weighted by atomic mass is 32.1. The lowest BCUT2D eigenvalue weighted by molar-refractivity contribution is 0.0695. The highest BCUT2D eigenvalue weighted by Crippen LogP contribution is 2.41. The first-order chi connectivity index (χ1) is 11.9. The zero-order valence-electron chi connectivity index (χ0n) is 14.9. The molecular formula is C19H23N3O2S. The van der Waals surface area contributed by atoms with Crippen LogP contribution in [0.3, 0.4) is 0 Å². The summed E-state index contributed by atoms with van der Waals surface area (Å²) in [5.41, 5.74) is 1.87. The van der Waals surface area contributed by atoms with Crippen LogP contribution in [0.25, 0.3) is 0 Å². The molecule has 0 amide bonds. The molecule has 0 radical (unpaired) electrons. The Bertz CT molecular complexity index is 775. The molecule has 0 spiro atoms. The van der Waals surface area contributed by atoms with Crippen molar-refractivity contribution in [1.82, 2.24) is 10.3 Å². The van der Waals surface area contributed by atoms with Gasteiger partial charge in [-0.15, -0.1) is 0 Å². The van der Waals surface area contributed by atoms with Crippen molar-refractivity contribution in [1.29, 1.82) is 0 Å². The monoisotopic (exact) mass is 357 g/mol. The molecule has 1 aliphatic rings. The summed E-state index contributed by atoms with van der Waals surface area (Å²) in [6, 6.07) is 9.78. The van der Waals surface area contributed by atoms with Crippen LogP contribution in [0.5, 0.6) is 11.5 Å². The van der Waals surface area contributed by atoms with Gasteiger partial charge in [-0.3, -0.25) is 0 Å². The number of benzene rings is 1. The van der Waals surface area contributed by atoms with E-state index in [1.807, 2.05) is 43.5 Å². The van der Waals surface area contributed by atoms with Gasteiger partial charge in [0.25, 0.3) is 0 Å². The second-order valence-electron chi connectivity index (χ2n) is 6.84. The third-order valence-corrected chi connectivity index (χ3v) is 4.35. The fraction of sp³-hybridized carbons (Fsp3) is 0.368. The van der Waals surface area contributed by atoms with Gasteiger partial charge < -0.3 is 20.1 Å². The Labute approximate surface area is 153 Å². The van der Waals surface area contributed by atoms with Gasteiger partial charge in [-0.2, -0.15) is 0 Å². The van der Waals surface area contributed by atoms with Crippen molar-refractivity contribution in [3.8, 4) is 11.5 Å². The molecule has 2 heterocycles. The number of rotatable bonds is 3. The van der Waals surface area contributed by atoms with Gasteiger partial charge in [0.2, 0.25) is 0 Å². The average molecular weight is 357 g/mol. The Morgan fingerprint density at radius 1 is 1.32 bits per heavy atom. The van der Waals surface area contributed by atoms with Crippen LogP contribution >= 0.6 is 12.2 Å². The molecule has 0 bridgehead atoms. The van der Waals surface area contributed by atoms with E-state index in [4.69, 9.17) is 21.7 Å². The molecule has 2 N–H and O–H groups in total. The Hall–Kier alpha value is -2.34. The number of pyridine rings is 1. The molecule has 2 aromatic rings. The number of nitrogens with one attached hydrogen (secondary N) is 2. The molecule has 1 aliphatic heterocycles. The third kappa shape index (κ3) is 4.20. The van der Waals surface area contributed by atoms with E-state index in [-0.39, 0.29) is 11.6 Å². The standard InChI is InChI=1S/C19H23N3O2S/c1-12-5-8-17(20-11-12)22-18(25)21-15-10-19(2,3)24-16-7-6-13(23-4)9-14(15)16/h5-9,11,15H,10H2,1-4H3,(H2,20,21,22,25)/t15-/m0/s1. The van der Waals surface area contributed by atoms with E-state index in [9.17, 15) is 0 Å². The van der Waals surface area contributed by atoms with Crippen LogP contribution in [0.4, 0.5) is 5.82 Å². The molecule has 0 saturated carbocycles. The molecule has 0 fully saturated rings. The molecule has 3 rings (SSSR count). The van der Waals surface area contributed by atoms with Crippen molar-refractivity contribution in [3.05, 3.63) is 47.7 Å². The van der Waals surface area contributed by atoms with Crippen LogP contribution in [0.1, 0.15) is 37.4 Å². The van der Waals surface area contributed by atoms with Gasteiger partial charge in [0.05, 0.1) is 13.2 Å². The van der Waals surface area contributed by atoms with Crippen LogP contribution in [0, 0.1) is 6.92 Å². The number of nitrogens with zero attached hydrogens (tertiary/aromatic N) is 1. The minimum atomic E-state index is -0.281. The van der Waals surface area contributed by atoms with E-state index in [1.165, 1.54) is 0 Å². The fourth-order valence-electron chi connectivity index (χ4n) is 2.94. The van der Waals surface area contributed by atoms with Crippen molar-refractivity contribution in [2.24, 2.45) is 0 Å². The predicted molar refractivity (Wildman–Crippen MR) is 103 cm³/mol. The van der Waals surface area contributed by atoms with Crippen LogP contribution < -0.4 is 20.1 Å². The number of anilines is 1. The first-order valence-electron chi connectivity index (χ1n) is 8.23. The van der Waals surface area contributed by atoms with E-state index in [0.717, 1.165) is 34.9 Å². The van der Waals surface area contributed by atoms with Crippen molar-refractivity contribution in [3.63, 3.8) is 0 Å². The lowest BCUT2D eigenvalue weighted by Gasteiger charge is -2.38. The molecule has 25 heavy (non-hydrogen) atoms. The van der Waals surface area contributed by atoms with Gasteiger partial charge in [-0.25, -0.2) is 4.98 Å². The SMILES string of the molecule is COc1ccc2c(c1)[C@@H](NC(=S)Nc1ccc(C)cn1)CC(C)(C)O2. The predicted octanol–water partition coefficient (Wildman–Crippen LogP) is 3.99. The van der Waals surface area contributed by atoms with E-state index < -0.39 is 0 Å². The lowest BCUT2D eigenvalue weighted by atomic mass is 9.89. The quantitative estimate of drug-likeness (QED) is 0.810. The Morgan fingerprint density at radius 2 is 2.12 bits per heavy atom. The highest BCUT2D eigenvalue weighted by molar-refractivity contribution is 7.80. The Balaban J connectivity index is 1.79. The molecule has 1 aromatic heterocycles. The van der Waals surface area contributed by atoms with Gasteiger partial charge in [-0.05, 0) is 62.8 Å². The number of aromatic nitrogens is 1. The van der Waals surface area contributed by atoms with Gasteiger partial charge in [0.15, 0.2) is 5.11 Å². The molecule has 132 valence electrons. The minimum absolute atomic E-state index is 0.0271. The summed E-state index contributed by atoms with van der Waals surface area (Å²) in [7, 11) is 1.66. The number of ether oxygens (including phenoxy) is 2. The largest absolute Gasteiger partial charge is 0.497 e. The topological polar surface area (TPSA) is 55.4 Å². The second kappa shape index (κ2) is 6.88. The highest BCUT2D eigenvalue weighted by Gasteiger charge is 2.34. The van der Waals surface area contributed by atoms with Crippen LogP contribution in [0.15, 0.2) is 36.5 Å². The summed E-state index contributed by atoms with van der Waals surface area (Å²) in [6.45, 7) is 6.15. The molecule has 1 aromatic carbocycles. The first kappa shape index (κ1) is 17.5. The summed E-state index contributed by atoms with van der Waals surface area (Å²) in [4.78, 5) is 4.33. The molecule has 0 aliphatic carbocycles. The summed E-state index contributed by atoms with van der Waals surface area (Å²) in [5.74, 6) is 2.37. The summed E-state index contributed by atoms with van der Waals surface area (Å²) in [5, 5.41) is 7.07. The number of fused-ring (bicyclic) bond motifs is 1. The second-order valence-corrected chi connectivity index (χ2v) is 7.25. The zero-order chi connectivity index (χ0) is 18.0. The molecule has 1 atom stereocenters. The van der Waals surface area contributed by atoms with Crippen molar-refractivity contribution < 1.29 is 9.47 Å². The van der Waals surface area contributed by atoms with E-state index in [1.54, 1.807) is 7.11 Å². The maximum absolute atomic E-state index is 6.09. The maximum atomic E-state index is 6.09. The van der Waals surface area contributed by atoms with E-state index in [2.05, 4.69) is 29.5 Å². The summed E-state index contributed by atoms with van der Waals surface area (Å²) in [6.07, 6.45) is 2.60. The number of hydrogen-bond donors (Lipinski definition) is 2.